The Balaban J connectivity index is 1.64. The summed E-state index contributed by atoms with van der Waals surface area (Å²) in [4.78, 5) is 29.3. The molecule has 0 aliphatic rings. The highest BCUT2D eigenvalue weighted by atomic mass is 16.5. The van der Waals surface area contributed by atoms with Gasteiger partial charge >= 0.3 is 0 Å². The molecule has 30 heavy (non-hydrogen) atoms. The van der Waals surface area contributed by atoms with Gasteiger partial charge < -0.3 is 19.9 Å². The van der Waals surface area contributed by atoms with Crippen LogP contribution in [0.2, 0.25) is 0 Å². The minimum absolute atomic E-state index is 0.161. The number of aromatic nitrogens is 2. The first-order valence-electron chi connectivity index (χ1n) is 9.74. The van der Waals surface area contributed by atoms with Crippen molar-refractivity contribution in [1.29, 1.82) is 0 Å². The number of methoxy groups -OCH3 is 1. The second-order valence-corrected chi connectivity index (χ2v) is 6.99. The minimum atomic E-state index is -0.407. The van der Waals surface area contributed by atoms with Gasteiger partial charge in [-0.25, -0.2) is 4.98 Å². The van der Waals surface area contributed by atoms with E-state index >= 15 is 0 Å². The zero-order valence-corrected chi connectivity index (χ0v) is 17.4. The summed E-state index contributed by atoms with van der Waals surface area (Å²) >= 11 is 0. The fourth-order valence-corrected chi connectivity index (χ4v) is 3.19. The van der Waals surface area contributed by atoms with Gasteiger partial charge in [0.1, 0.15) is 17.6 Å². The van der Waals surface area contributed by atoms with Gasteiger partial charge in [0, 0.05) is 38.0 Å². The molecule has 0 aliphatic carbocycles. The maximum atomic E-state index is 12.6. The molecule has 7 nitrogen and oxygen atoms in total. The summed E-state index contributed by atoms with van der Waals surface area (Å²) in [5.41, 5.74) is 2.40. The number of ether oxygens (including phenoxy) is 1. The van der Waals surface area contributed by atoms with Crippen LogP contribution in [0, 0.1) is 6.92 Å². The number of hydrogen-bond acceptors (Lipinski definition) is 4. The van der Waals surface area contributed by atoms with Crippen LogP contribution >= 0.6 is 0 Å². The molecule has 2 aromatic carbocycles. The summed E-state index contributed by atoms with van der Waals surface area (Å²) < 4.78 is 7.09. The smallest absolute Gasteiger partial charge is 0.251 e. The first kappa shape index (κ1) is 21.1. The lowest BCUT2D eigenvalue weighted by molar-refractivity contribution is -0.121. The van der Waals surface area contributed by atoms with E-state index < -0.39 is 6.04 Å². The number of aryl methyl sites for hydroxylation is 2. The van der Waals surface area contributed by atoms with Crippen LogP contribution in [0.15, 0.2) is 60.9 Å². The number of imidazole rings is 1. The number of rotatable bonds is 8. The molecular formula is C23H26N4O3. The topological polar surface area (TPSA) is 85.2 Å². The standard InChI is InChI=1S/C23H26N4O3/c1-16-6-4-5-7-19(16)23(29)25-13-12-20(28)26-21(22-24-14-15-27(22)2)17-8-10-18(30-3)11-9-17/h4-11,14-15,21H,12-13H2,1-3H3,(H,25,29)(H,26,28). The molecule has 7 heteroatoms. The Hall–Kier alpha value is -3.61. The highest BCUT2D eigenvalue weighted by molar-refractivity contribution is 5.95. The third-order valence-corrected chi connectivity index (χ3v) is 4.90. The Morgan fingerprint density at radius 2 is 1.87 bits per heavy atom. The van der Waals surface area contributed by atoms with Crippen molar-refractivity contribution >= 4 is 11.8 Å². The summed E-state index contributed by atoms with van der Waals surface area (Å²) in [7, 11) is 3.49. The lowest BCUT2D eigenvalue weighted by atomic mass is 10.1. The second kappa shape index (κ2) is 9.73. The molecule has 3 aromatic rings. The average Bonchev–Trinajstić information content (AvgIpc) is 3.18. The van der Waals surface area contributed by atoms with Crippen LogP contribution in [-0.2, 0) is 11.8 Å². The quantitative estimate of drug-likeness (QED) is 0.602. The van der Waals surface area contributed by atoms with Crippen LogP contribution in [0.3, 0.4) is 0 Å². The minimum Gasteiger partial charge on any atom is -0.497 e. The van der Waals surface area contributed by atoms with E-state index in [1.807, 2.05) is 67.2 Å². The van der Waals surface area contributed by atoms with E-state index in [0.717, 1.165) is 22.7 Å². The normalized spacial score (nSPS) is 11.6. The van der Waals surface area contributed by atoms with Gasteiger partial charge in [-0.1, -0.05) is 30.3 Å². The first-order chi connectivity index (χ1) is 14.5. The third-order valence-electron chi connectivity index (χ3n) is 4.90. The van der Waals surface area contributed by atoms with Crippen molar-refractivity contribution in [1.82, 2.24) is 20.2 Å². The summed E-state index contributed by atoms with van der Waals surface area (Å²) in [5, 5.41) is 5.83. The van der Waals surface area contributed by atoms with Crippen molar-refractivity contribution in [2.45, 2.75) is 19.4 Å². The molecule has 0 fully saturated rings. The maximum absolute atomic E-state index is 12.6. The van der Waals surface area contributed by atoms with Crippen molar-refractivity contribution in [3.8, 4) is 5.75 Å². The molecule has 3 rings (SSSR count). The highest BCUT2D eigenvalue weighted by Crippen LogP contribution is 2.23. The Kier molecular flexibility index (Phi) is 6.85. The van der Waals surface area contributed by atoms with Crippen molar-refractivity contribution < 1.29 is 14.3 Å². The summed E-state index contributed by atoms with van der Waals surface area (Å²) in [6, 6.07) is 14.4. The Morgan fingerprint density at radius 1 is 1.13 bits per heavy atom. The molecule has 0 bridgehead atoms. The molecule has 0 saturated heterocycles. The molecule has 0 spiro atoms. The number of benzene rings is 2. The Labute approximate surface area is 176 Å². The zero-order chi connectivity index (χ0) is 21.5. The molecule has 0 radical (unpaired) electrons. The molecule has 1 atom stereocenters. The lowest BCUT2D eigenvalue weighted by Crippen LogP contribution is -2.34. The molecule has 1 heterocycles. The summed E-state index contributed by atoms with van der Waals surface area (Å²) in [6.07, 6.45) is 3.69. The van der Waals surface area contributed by atoms with E-state index in [9.17, 15) is 9.59 Å². The molecular weight excluding hydrogens is 380 g/mol. The van der Waals surface area contributed by atoms with Crippen molar-refractivity contribution in [2.75, 3.05) is 13.7 Å². The largest absolute Gasteiger partial charge is 0.497 e. The number of nitrogens with one attached hydrogen (secondary N) is 2. The van der Waals surface area contributed by atoms with Gasteiger partial charge in [0.2, 0.25) is 5.91 Å². The maximum Gasteiger partial charge on any atom is 0.251 e. The SMILES string of the molecule is COc1ccc(C(NC(=O)CCNC(=O)c2ccccc2C)c2nccn2C)cc1. The molecule has 2 N–H and O–H groups in total. The van der Waals surface area contributed by atoms with Gasteiger partial charge in [-0.05, 0) is 36.2 Å². The number of amides is 2. The fourth-order valence-electron chi connectivity index (χ4n) is 3.19. The predicted molar refractivity (Wildman–Crippen MR) is 114 cm³/mol. The van der Waals surface area contributed by atoms with Gasteiger partial charge in [0.05, 0.1) is 7.11 Å². The van der Waals surface area contributed by atoms with Crippen LogP contribution in [0.25, 0.3) is 0 Å². The van der Waals surface area contributed by atoms with E-state index in [4.69, 9.17) is 4.74 Å². The van der Waals surface area contributed by atoms with Crippen LogP contribution < -0.4 is 15.4 Å². The van der Waals surface area contributed by atoms with Crippen LogP contribution in [0.4, 0.5) is 0 Å². The van der Waals surface area contributed by atoms with Gasteiger partial charge in [0.15, 0.2) is 0 Å². The molecule has 0 saturated carbocycles. The van der Waals surface area contributed by atoms with E-state index in [-0.39, 0.29) is 24.8 Å². The van der Waals surface area contributed by atoms with Crippen LogP contribution in [0.1, 0.15) is 39.8 Å². The van der Waals surface area contributed by atoms with Crippen LogP contribution in [-0.4, -0.2) is 35.0 Å². The number of carbonyl (C=O) groups is 2. The number of carbonyl (C=O) groups excluding carboxylic acids is 2. The first-order valence-corrected chi connectivity index (χ1v) is 9.74. The predicted octanol–water partition coefficient (Wildman–Crippen LogP) is 2.76. The number of hydrogen-bond donors (Lipinski definition) is 2. The highest BCUT2D eigenvalue weighted by Gasteiger charge is 2.21. The third kappa shape index (κ3) is 5.05. The van der Waals surface area contributed by atoms with E-state index in [1.54, 1.807) is 19.4 Å². The average molecular weight is 406 g/mol. The summed E-state index contributed by atoms with van der Waals surface area (Å²) in [6.45, 7) is 2.13. The molecule has 0 aliphatic heterocycles. The monoisotopic (exact) mass is 406 g/mol. The van der Waals surface area contributed by atoms with Crippen LogP contribution in [0.5, 0.6) is 5.75 Å². The van der Waals surface area contributed by atoms with Crippen molar-refractivity contribution in [3.63, 3.8) is 0 Å². The number of nitrogens with zero attached hydrogens (tertiary/aromatic N) is 2. The van der Waals surface area contributed by atoms with Gasteiger partial charge in [-0.2, -0.15) is 0 Å². The van der Waals surface area contributed by atoms with Gasteiger partial charge in [-0.15, -0.1) is 0 Å². The Bertz CT molecular complexity index is 1010. The van der Waals surface area contributed by atoms with E-state index in [2.05, 4.69) is 15.6 Å². The van der Waals surface area contributed by atoms with Gasteiger partial charge in [0.25, 0.3) is 5.91 Å². The molecule has 156 valence electrons. The van der Waals surface area contributed by atoms with E-state index in [0.29, 0.717) is 5.56 Å². The fraction of sp³-hybridized carbons (Fsp3) is 0.261. The van der Waals surface area contributed by atoms with Crippen molar-refractivity contribution in [2.24, 2.45) is 7.05 Å². The zero-order valence-electron chi connectivity index (χ0n) is 17.4. The summed E-state index contributed by atoms with van der Waals surface area (Å²) in [5.74, 6) is 1.10. The van der Waals surface area contributed by atoms with Gasteiger partial charge in [-0.3, -0.25) is 9.59 Å². The Morgan fingerprint density at radius 3 is 2.50 bits per heavy atom. The van der Waals surface area contributed by atoms with Crippen molar-refractivity contribution in [3.05, 3.63) is 83.4 Å². The van der Waals surface area contributed by atoms with E-state index in [1.165, 1.54) is 0 Å². The lowest BCUT2D eigenvalue weighted by Gasteiger charge is -2.19. The molecule has 2 amide bonds. The second-order valence-electron chi connectivity index (χ2n) is 6.99. The molecule has 1 aromatic heterocycles. The molecule has 1 unspecified atom stereocenters.